The van der Waals surface area contributed by atoms with Gasteiger partial charge in [-0.2, -0.15) is 4.98 Å². The number of aromatic nitrogens is 3. The summed E-state index contributed by atoms with van der Waals surface area (Å²) in [7, 11) is 2.16. The Labute approximate surface area is 165 Å². The van der Waals surface area contributed by atoms with Crippen molar-refractivity contribution in [2.24, 2.45) is 5.41 Å². The van der Waals surface area contributed by atoms with Gasteiger partial charge in [0.2, 0.25) is 5.89 Å². The molecule has 4 heterocycles. The van der Waals surface area contributed by atoms with Crippen LogP contribution in [0.25, 0.3) is 0 Å². The molecule has 3 aliphatic rings. The number of rotatable bonds is 3. The molecule has 2 saturated heterocycles. The number of piperidine rings is 1. The van der Waals surface area contributed by atoms with Crippen molar-refractivity contribution in [2.75, 3.05) is 26.7 Å². The van der Waals surface area contributed by atoms with Crippen molar-refractivity contribution < 1.29 is 9.32 Å². The van der Waals surface area contributed by atoms with Gasteiger partial charge in [0.1, 0.15) is 0 Å². The quantitative estimate of drug-likeness (QED) is 0.813. The molecule has 5 rings (SSSR count). The summed E-state index contributed by atoms with van der Waals surface area (Å²) in [4.78, 5) is 25.8. The Hall–Kier alpha value is -2.28. The van der Waals surface area contributed by atoms with E-state index in [1.165, 1.54) is 19.3 Å². The SMILES string of the molecule is CN1CC2(CCN(C(=O)c3cccnc3)CC2)CC1c1noc(C2CCC2)n1. The fourth-order valence-electron chi connectivity index (χ4n) is 4.98. The summed E-state index contributed by atoms with van der Waals surface area (Å²) in [5.74, 6) is 2.24. The molecule has 0 aromatic carbocycles. The van der Waals surface area contributed by atoms with Crippen molar-refractivity contribution in [1.29, 1.82) is 0 Å². The molecular weight excluding hydrogens is 354 g/mol. The minimum absolute atomic E-state index is 0.0918. The highest BCUT2D eigenvalue weighted by Crippen LogP contribution is 2.48. The van der Waals surface area contributed by atoms with E-state index in [0.29, 0.717) is 11.5 Å². The van der Waals surface area contributed by atoms with Gasteiger partial charge in [-0.1, -0.05) is 11.6 Å². The number of carbonyl (C=O) groups excluding carboxylic acids is 1. The summed E-state index contributed by atoms with van der Waals surface area (Å²) in [6.45, 7) is 2.63. The normalized spacial score (nSPS) is 25.2. The zero-order chi connectivity index (χ0) is 19.1. The molecule has 1 spiro atoms. The van der Waals surface area contributed by atoms with Gasteiger partial charge >= 0.3 is 0 Å². The smallest absolute Gasteiger partial charge is 0.255 e. The van der Waals surface area contributed by atoms with Crippen molar-refractivity contribution >= 4 is 5.91 Å². The van der Waals surface area contributed by atoms with Crippen molar-refractivity contribution in [3.63, 3.8) is 0 Å². The van der Waals surface area contributed by atoms with Crippen LogP contribution in [-0.2, 0) is 0 Å². The minimum Gasteiger partial charge on any atom is -0.339 e. The molecule has 2 aliphatic heterocycles. The van der Waals surface area contributed by atoms with E-state index in [9.17, 15) is 4.79 Å². The van der Waals surface area contributed by atoms with Crippen LogP contribution in [0, 0.1) is 5.41 Å². The van der Waals surface area contributed by atoms with Crippen LogP contribution >= 0.6 is 0 Å². The van der Waals surface area contributed by atoms with Gasteiger partial charge in [-0.05, 0) is 56.7 Å². The summed E-state index contributed by atoms with van der Waals surface area (Å²) >= 11 is 0. The zero-order valence-corrected chi connectivity index (χ0v) is 16.4. The Bertz CT molecular complexity index is 839. The number of carbonyl (C=O) groups is 1. The van der Waals surface area contributed by atoms with Crippen LogP contribution < -0.4 is 0 Å². The van der Waals surface area contributed by atoms with E-state index in [1.807, 2.05) is 17.0 Å². The van der Waals surface area contributed by atoms with E-state index in [2.05, 4.69) is 22.1 Å². The van der Waals surface area contributed by atoms with E-state index in [4.69, 9.17) is 9.51 Å². The van der Waals surface area contributed by atoms with Crippen molar-refractivity contribution in [1.82, 2.24) is 24.9 Å². The lowest BCUT2D eigenvalue weighted by molar-refractivity contribution is 0.0593. The second-order valence-electron chi connectivity index (χ2n) is 8.79. The van der Waals surface area contributed by atoms with Crippen LogP contribution in [0.1, 0.15) is 72.6 Å². The van der Waals surface area contributed by atoms with Crippen LogP contribution in [0.15, 0.2) is 29.0 Å². The predicted octanol–water partition coefficient (Wildman–Crippen LogP) is 3.03. The first kappa shape index (κ1) is 17.8. The summed E-state index contributed by atoms with van der Waals surface area (Å²) in [5.41, 5.74) is 0.915. The lowest BCUT2D eigenvalue weighted by Crippen LogP contribution is -2.44. The molecule has 1 aliphatic carbocycles. The first-order valence-electron chi connectivity index (χ1n) is 10.4. The highest BCUT2D eigenvalue weighted by atomic mass is 16.5. The number of hydrogen-bond acceptors (Lipinski definition) is 6. The maximum Gasteiger partial charge on any atom is 0.255 e. The average molecular weight is 381 g/mol. The maximum atomic E-state index is 12.7. The van der Waals surface area contributed by atoms with Crippen LogP contribution in [0.5, 0.6) is 0 Å². The second kappa shape index (κ2) is 6.95. The first-order valence-corrected chi connectivity index (χ1v) is 10.4. The third kappa shape index (κ3) is 3.11. The highest BCUT2D eigenvalue weighted by molar-refractivity contribution is 5.93. The van der Waals surface area contributed by atoms with Gasteiger partial charge in [0.15, 0.2) is 5.82 Å². The Balaban J connectivity index is 1.24. The molecule has 2 aromatic rings. The van der Waals surface area contributed by atoms with Gasteiger partial charge in [0, 0.05) is 37.9 Å². The molecule has 1 saturated carbocycles. The van der Waals surface area contributed by atoms with E-state index in [0.717, 1.165) is 50.6 Å². The van der Waals surface area contributed by atoms with Gasteiger partial charge in [0.05, 0.1) is 11.6 Å². The van der Waals surface area contributed by atoms with E-state index in [1.54, 1.807) is 12.4 Å². The summed E-state index contributed by atoms with van der Waals surface area (Å²) in [6, 6.07) is 3.88. The van der Waals surface area contributed by atoms with Gasteiger partial charge in [-0.3, -0.25) is 14.7 Å². The van der Waals surface area contributed by atoms with Gasteiger partial charge in [0.25, 0.3) is 5.91 Å². The topological polar surface area (TPSA) is 75.4 Å². The second-order valence-corrected chi connectivity index (χ2v) is 8.79. The molecule has 2 aromatic heterocycles. The Morgan fingerprint density at radius 3 is 2.79 bits per heavy atom. The molecule has 0 radical (unpaired) electrons. The van der Waals surface area contributed by atoms with Gasteiger partial charge < -0.3 is 9.42 Å². The van der Waals surface area contributed by atoms with Crippen molar-refractivity contribution in [2.45, 2.75) is 50.5 Å². The monoisotopic (exact) mass is 381 g/mol. The maximum absolute atomic E-state index is 12.7. The van der Waals surface area contributed by atoms with Crippen LogP contribution in [0.2, 0.25) is 0 Å². The fourth-order valence-corrected chi connectivity index (χ4v) is 4.98. The lowest BCUT2D eigenvalue weighted by atomic mass is 9.76. The third-order valence-corrected chi connectivity index (χ3v) is 6.97. The molecule has 28 heavy (non-hydrogen) atoms. The minimum atomic E-state index is 0.0918. The first-order chi connectivity index (χ1) is 13.6. The standard InChI is InChI=1S/C21H27N5O2/c1-25-14-21(12-17(25)18-23-19(28-24-18)15-4-2-5-15)7-10-26(11-8-21)20(27)16-6-3-9-22-13-16/h3,6,9,13,15,17H,2,4-5,7-8,10-12,14H2,1H3. The Morgan fingerprint density at radius 2 is 2.11 bits per heavy atom. The number of pyridine rings is 1. The fraction of sp³-hybridized carbons (Fsp3) is 0.619. The molecule has 1 amide bonds. The van der Waals surface area contributed by atoms with E-state index >= 15 is 0 Å². The molecule has 0 N–H and O–H groups in total. The number of likely N-dealkylation sites (tertiary alicyclic amines) is 2. The summed E-state index contributed by atoms with van der Waals surface area (Å²) in [6.07, 6.45) is 10.1. The largest absolute Gasteiger partial charge is 0.339 e. The van der Waals surface area contributed by atoms with Gasteiger partial charge in [-0.15, -0.1) is 0 Å². The Morgan fingerprint density at radius 1 is 1.29 bits per heavy atom. The van der Waals surface area contributed by atoms with Crippen molar-refractivity contribution in [3.05, 3.63) is 41.8 Å². The van der Waals surface area contributed by atoms with Gasteiger partial charge in [-0.25, -0.2) is 0 Å². The van der Waals surface area contributed by atoms with Crippen molar-refractivity contribution in [3.8, 4) is 0 Å². The molecule has 0 bridgehead atoms. The summed E-state index contributed by atoms with van der Waals surface area (Å²) < 4.78 is 5.56. The molecule has 3 fully saturated rings. The van der Waals surface area contributed by atoms with Crippen LogP contribution in [-0.4, -0.2) is 57.5 Å². The molecule has 7 nitrogen and oxygen atoms in total. The number of hydrogen-bond donors (Lipinski definition) is 0. The van der Waals surface area contributed by atoms with Crippen LogP contribution in [0.3, 0.4) is 0 Å². The summed E-state index contributed by atoms with van der Waals surface area (Å²) in [5, 5.41) is 4.31. The molecule has 148 valence electrons. The average Bonchev–Trinajstić information content (AvgIpc) is 3.26. The lowest BCUT2D eigenvalue weighted by Gasteiger charge is -2.39. The van der Waals surface area contributed by atoms with E-state index in [-0.39, 0.29) is 17.4 Å². The molecule has 1 unspecified atom stereocenters. The number of nitrogens with zero attached hydrogens (tertiary/aromatic N) is 5. The third-order valence-electron chi connectivity index (χ3n) is 6.97. The van der Waals surface area contributed by atoms with E-state index < -0.39 is 0 Å². The highest BCUT2D eigenvalue weighted by Gasteiger charge is 2.46. The number of amides is 1. The molecule has 1 atom stereocenters. The molecular formula is C21H27N5O2. The molecule has 7 heteroatoms. The van der Waals surface area contributed by atoms with Crippen LogP contribution in [0.4, 0.5) is 0 Å². The zero-order valence-electron chi connectivity index (χ0n) is 16.4. The Kier molecular flexibility index (Phi) is 4.42. The predicted molar refractivity (Wildman–Crippen MR) is 103 cm³/mol.